The molecular formula is C24H47NO4. The molecule has 0 radical (unpaired) electrons. The van der Waals surface area contributed by atoms with Crippen LogP contribution < -0.4 is 5.32 Å². The summed E-state index contributed by atoms with van der Waals surface area (Å²) in [5, 5.41) is 12.9. The molecule has 0 heterocycles. The van der Waals surface area contributed by atoms with Crippen molar-refractivity contribution in [2.45, 2.75) is 129 Å². The summed E-state index contributed by atoms with van der Waals surface area (Å²) in [4.78, 5) is 23.7. The first kappa shape index (κ1) is 27.9. The molecule has 0 bridgehead atoms. The predicted octanol–water partition coefficient (Wildman–Crippen LogP) is 5.53. The summed E-state index contributed by atoms with van der Waals surface area (Å²) in [7, 11) is 1.35. The highest BCUT2D eigenvalue weighted by Crippen LogP contribution is 2.14. The zero-order chi connectivity index (χ0) is 21.9. The molecule has 29 heavy (non-hydrogen) atoms. The lowest BCUT2D eigenvalue weighted by molar-refractivity contribution is -0.141. The van der Waals surface area contributed by atoms with E-state index >= 15 is 0 Å². The Morgan fingerprint density at radius 3 is 1.79 bits per heavy atom. The van der Waals surface area contributed by atoms with Crippen LogP contribution in [0.3, 0.4) is 0 Å². The Bertz CT molecular complexity index is 412. The SMILES string of the molecule is CCCCCCCCCCCCCC[C@@H](O)C(=O)NC(CC(=O)OC)CC(C)C. The highest BCUT2D eigenvalue weighted by molar-refractivity contribution is 5.81. The Kier molecular flexibility index (Phi) is 18.2. The lowest BCUT2D eigenvalue weighted by Crippen LogP contribution is -2.43. The van der Waals surface area contributed by atoms with E-state index in [2.05, 4.69) is 12.2 Å². The number of rotatable bonds is 19. The van der Waals surface area contributed by atoms with Gasteiger partial charge in [0.2, 0.25) is 5.91 Å². The van der Waals surface area contributed by atoms with Crippen LogP contribution in [-0.2, 0) is 14.3 Å². The summed E-state index contributed by atoms with van der Waals surface area (Å²) in [5.41, 5.74) is 0. The second-order valence-corrected chi connectivity index (χ2v) is 8.81. The number of hydrogen-bond acceptors (Lipinski definition) is 4. The minimum absolute atomic E-state index is 0.145. The van der Waals surface area contributed by atoms with Crippen LogP contribution in [0.4, 0.5) is 0 Å². The molecule has 0 aromatic carbocycles. The van der Waals surface area contributed by atoms with Crippen LogP contribution in [0.25, 0.3) is 0 Å². The average molecular weight is 414 g/mol. The fraction of sp³-hybridized carbons (Fsp3) is 0.917. The van der Waals surface area contributed by atoms with Crippen molar-refractivity contribution >= 4 is 11.9 Å². The number of hydrogen-bond donors (Lipinski definition) is 2. The van der Waals surface area contributed by atoms with Gasteiger partial charge in [-0.25, -0.2) is 0 Å². The third-order valence-electron chi connectivity index (χ3n) is 5.38. The van der Waals surface area contributed by atoms with Crippen LogP contribution in [0.1, 0.15) is 117 Å². The first-order valence-electron chi connectivity index (χ1n) is 12.0. The van der Waals surface area contributed by atoms with Gasteiger partial charge in [-0.15, -0.1) is 0 Å². The fourth-order valence-electron chi connectivity index (χ4n) is 3.65. The van der Waals surface area contributed by atoms with E-state index in [9.17, 15) is 14.7 Å². The Morgan fingerprint density at radius 1 is 0.862 bits per heavy atom. The van der Waals surface area contributed by atoms with Crippen LogP contribution in [0.2, 0.25) is 0 Å². The second kappa shape index (κ2) is 18.9. The first-order valence-corrected chi connectivity index (χ1v) is 12.0. The number of amides is 1. The predicted molar refractivity (Wildman–Crippen MR) is 120 cm³/mol. The summed E-state index contributed by atoms with van der Waals surface area (Å²) >= 11 is 0. The first-order chi connectivity index (χ1) is 13.9. The van der Waals surface area contributed by atoms with E-state index in [0.717, 1.165) is 12.8 Å². The molecule has 0 aliphatic heterocycles. The second-order valence-electron chi connectivity index (χ2n) is 8.81. The molecule has 0 aliphatic carbocycles. The van der Waals surface area contributed by atoms with Crippen LogP contribution >= 0.6 is 0 Å². The molecule has 2 N–H and O–H groups in total. The van der Waals surface area contributed by atoms with Crippen molar-refractivity contribution in [3.05, 3.63) is 0 Å². The minimum atomic E-state index is -0.995. The van der Waals surface area contributed by atoms with E-state index in [0.29, 0.717) is 18.8 Å². The molecule has 5 nitrogen and oxygen atoms in total. The van der Waals surface area contributed by atoms with Crippen LogP contribution in [0.5, 0.6) is 0 Å². The molecule has 0 aromatic heterocycles. The monoisotopic (exact) mass is 413 g/mol. The molecular weight excluding hydrogens is 366 g/mol. The van der Waals surface area contributed by atoms with Crippen LogP contribution in [0.15, 0.2) is 0 Å². The standard InChI is InChI=1S/C24H47NO4/c1-5-6-7-8-9-10-11-12-13-14-15-16-17-22(26)24(28)25-21(18-20(2)3)19-23(27)29-4/h20-22,26H,5-19H2,1-4H3,(H,25,28)/t21?,22-/m1/s1. The molecule has 0 saturated heterocycles. The summed E-state index contributed by atoms with van der Waals surface area (Å²) in [5.74, 6) is -0.368. The van der Waals surface area contributed by atoms with Crippen molar-refractivity contribution in [3.63, 3.8) is 0 Å². The van der Waals surface area contributed by atoms with Crippen molar-refractivity contribution in [1.82, 2.24) is 5.32 Å². The maximum Gasteiger partial charge on any atom is 0.307 e. The van der Waals surface area contributed by atoms with Gasteiger partial charge in [-0.05, 0) is 18.8 Å². The largest absolute Gasteiger partial charge is 0.469 e. The summed E-state index contributed by atoms with van der Waals surface area (Å²) < 4.78 is 4.70. The summed E-state index contributed by atoms with van der Waals surface area (Å²) in [6, 6.07) is -0.286. The molecule has 172 valence electrons. The number of methoxy groups -OCH3 is 1. The minimum Gasteiger partial charge on any atom is -0.469 e. The number of unbranched alkanes of at least 4 members (excludes halogenated alkanes) is 11. The van der Waals surface area contributed by atoms with E-state index < -0.39 is 6.10 Å². The molecule has 0 saturated carbocycles. The molecule has 0 spiro atoms. The van der Waals surface area contributed by atoms with Gasteiger partial charge in [-0.3, -0.25) is 9.59 Å². The maximum absolute atomic E-state index is 12.2. The number of carbonyl (C=O) groups is 2. The van der Waals surface area contributed by atoms with Crippen molar-refractivity contribution in [3.8, 4) is 0 Å². The highest BCUT2D eigenvalue weighted by atomic mass is 16.5. The van der Waals surface area contributed by atoms with Gasteiger partial charge >= 0.3 is 5.97 Å². The van der Waals surface area contributed by atoms with E-state index in [1.165, 1.54) is 71.3 Å². The molecule has 0 aliphatic rings. The Balaban J connectivity index is 3.79. The average Bonchev–Trinajstić information content (AvgIpc) is 2.67. The number of esters is 1. The molecule has 5 heteroatoms. The molecule has 0 aromatic rings. The number of nitrogens with one attached hydrogen (secondary N) is 1. The summed E-state index contributed by atoms with van der Waals surface area (Å²) in [6.45, 7) is 6.33. The van der Waals surface area contributed by atoms with Crippen molar-refractivity contribution in [2.24, 2.45) is 5.92 Å². The lowest BCUT2D eigenvalue weighted by atomic mass is 10.00. The van der Waals surface area contributed by atoms with Gasteiger partial charge in [0.25, 0.3) is 0 Å². The Hall–Kier alpha value is -1.10. The third kappa shape index (κ3) is 17.5. The lowest BCUT2D eigenvalue weighted by Gasteiger charge is -2.21. The maximum atomic E-state index is 12.2. The van der Waals surface area contributed by atoms with E-state index in [-0.39, 0.29) is 24.3 Å². The van der Waals surface area contributed by atoms with Crippen LogP contribution in [0, 0.1) is 5.92 Å². The molecule has 2 atom stereocenters. The Labute approximate surface area is 179 Å². The number of aliphatic hydroxyl groups excluding tert-OH is 1. The van der Waals surface area contributed by atoms with Gasteiger partial charge in [0, 0.05) is 6.04 Å². The van der Waals surface area contributed by atoms with Gasteiger partial charge in [-0.2, -0.15) is 0 Å². The van der Waals surface area contributed by atoms with Crippen molar-refractivity contribution in [1.29, 1.82) is 0 Å². The quantitative estimate of drug-likeness (QED) is 0.215. The fourth-order valence-corrected chi connectivity index (χ4v) is 3.65. The molecule has 1 amide bonds. The number of aliphatic hydroxyl groups is 1. The van der Waals surface area contributed by atoms with Crippen LogP contribution in [-0.4, -0.2) is 36.2 Å². The highest BCUT2D eigenvalue weighted by Gasteiger charge is 2.22. The molecule has 0 rings (SSSR count). The summed E-state index contributed by atoms with van der Waals surface area (Å²) in [6.07, 6.45) is 15.4. The number of ether oxygens (including phenoxy) is 1. The third-order valence-corrected chi connectivity index (χ3v) is 5.38. The molecule has 1 unspecified atom stereocenters. The topological polar surface area (TPSA) is 75.6 Å². The number of carbonyl (C=O) groups excluding carboxylic acids is 2. The molecule has 0 fully saturated rings. The smallest absolute Gasteiger partial charge is 0.307 e. The van der Waals surface area contributed by atoms with Gasteiger partial charge < -0.3 is 15.2 Å². The Morgan fingerprint density at radius 2 is 1.34 bits per heavy atom. The van der Waals surface area contributed by atoms with Gasteiger partial charge in [0.15, 0.2) is 0 Å². The zero-order valence-corrected chi connectivity index (χ0v) is 19.5. The van der Waals surface area contributed by atoms with Crippen molar-refractivity contribution < 1.29 is 19.4 Å². The normalized spacial score (nSPS) is 13.3. The van der Waals surface area contributed by atoms with E-state index in [1.54, 1.807) is 0 Å². The zero-order valence-electron chi connectivity index (χ0n) is 19.5. The van der Waals surface area contributed by atoms with Gasteiger partial charge in [-0.1, -0.05) is 97.8 Å². The van der Waals surface area contributed by atoms with E-state index in [4.69, 9.17) is 4.74 Å². The van der Waals surface area contributed by atoms with Gasteiger partial charge in [0.1, 0.15) is 6.10 Å². The van der Waals surface area contributed by atoms with E-state index in [1.807, 2.05) is 13.8 Å². The van der Waals surface area contributed by atoms with Crippen molar-refractivity contribution in [2.75, 3.05) is 7.11 Å². The van der Waals surface area contributed by atoms with Gasteiger partial charge in [0.05, 0.1) is 13.5 Å².